The third kappa shape index (κ3) is 6.53. The number of unbranched alkanes of at least 4 members (excludes halogenated alkanes) is 1. The maximum Gasteiger partial charge on any atom is 0.233 e. The number of aromatic nitrogens is 3. The number of aryl methyl sites for hydroxylation is 3. The highest BCUT2D eigenvalue weighted by Crippen LogP contribution is 2.22. The highest BCUT2D eigenvalue weighted by atomic mass is 15.3. The van der Waals surface area contributed by atoms with Gasteiger partial charge in [0.25, 0.3) is 0 Å². The lowest BCUT2D eigenvalue weighted by molar-refractivity contribution is 0.795. The molecule has 6 nitrogen and oxygen atoms in total. The van der Waals surface area contributed by atoms with Crippen LogP contribution in [0.25, 0.3) is 0 Å². The van der Waals surface area contributed by atoms with Gasteiger partial charge in [-0.3, -0.25) is 0 Å². The van der Waals surface area contributed by atoms with Crippen LogP contribution in [0, 0.1) is 13.8 Å². The van der Waals surface area contributed by atoms with E-state index in [0.29, 0.717) is 17.8 Å². The van der Waals surface area contributed by atoms with Crippen LogP contribution in [0.2, 0.25) is 0 Å². The molecule has 0 radical (unpaired) electrons. The predicted octanol–water partition coefficient (Wildman–Crippen LogP) is 7.06. The highest BCUT2D eigenvalue weighted by molar-refractivity contribution is 5.62. The molecule has 0 fully saturated rings. The van der Waals surface area contributed by atoms with Crippen molar-refractivity contribution in [1.29, 1.82) is 0 Å². The molecule has 1 aromatic heterocycles. The molecule has 0 saturated heterocycles. The molecule has 0 aliphatic carbocycles. The van der Waals surface area contributed by atoms with E-state index in [2.05, 4.69) is 100 Å². The van der Waals surface area contributed by atoms with E-state index in [-0.39, 0.29) is 0 Å². The van der Waals surface area contributed by atoms with Crippen LogP contribution in [0.5, 0.6) is 0 Å². The summed E-state index contributed by atoms with van der Waals surface area (Å²) >= 11 is 0. The second-order valence-electron chi connectivity index (χ2n) is 8.22. The van der Waals surface area contributed by atoms with Crippen molar-refractivity contribution in [2.75, 3.05) is 16.0 Å². The molecular weight excluding hydrogens is 408 g/mol. The Kier molecular flexibility index (Phi) is 7.15. The quantitative estimate of drug-likeness (QED) is 0.260. The summed E-state index contributed by atoms with van der Waals surface area (Å²) in [6.45, 7) is 6.32. The average Bonchev–Trinajstić information content (AvgIpc) is 2.78. The van der Waals surface area contributed by atoms with Gasteiger partial charge in [0.1, 0.15) is 0 Å². The molecule has 0 aliphatic rings. The molecule has 0 unspecified atom stereocenters. The lowest BCUT2D eigenvalue weighted by atomic mass is 10.1. The van der Waals surface area contributed by atoms with E-state index in [1.165, 1.54) is 18.4 Å². The highest BCUT2D eigenvalue weighted by Gasteiger charge is 2.09. The van der Waals surface area contributed by atoms with Crippen molar-refractivity contribution in [3.8, 4) is 0 Å². The van der Waals surface area contributed by atoms with Crippen LogP contribution in [0.4, 0.5) is 34.9 Å². The summed E-state index contributed by atoms with van der Waals surface area (Å²) in [7, 11) is 0. The number of hydrogen-bond acceptors (Lipinski definition) is 6. The monoisotopic (exact) mass is 438 g/mol. The maximum atomic E-state index is 4.60. The lowest BCUT2D eigenvalue weighted by Gasteiger charge is -2.12. The SMILES string of the molecule is CCCCc1ccc(Nc2nc(Nc3cccc(C)c3)nc(Nc3cccc(C)c3)n2)cc1. The first-order chi connectivity index (χ1) is 16.1. The van der Waals surface area contributed by atoms with Crippen molar-refractivity contribution in [3.05, 3.63) is 89.5 Å². The summed E-state index contributed by atoms with van der Waals surface area (Å²) < 4.78 is 0. The second kappa shape index (κ2) is 10.6. The molecule has 168 valence electrons. The average molecular weight is 439 g/mol. The van der Waals surface area contributed by atoms with Gasteiger partial charge in [-0.05, 0) is 79.8 Å². The molecule has 0 atom stereocenters. The Bertz CT molecular complexity index is 1140. The van der Waals surface area contributed by atoms with Crippen LogP contribution in [-0.4, -0.2) is 15.0 Å². The number of nitrogens with zero attached hydrogens (tertiary/aromatic N) is 3. The van der Waals surface area contributed by atoms with Gasteiger partial charge in [-0.1, -0.05) is 49.7 Å². The van der Waals surface area contributed by atoms with Gasteiger partial charge in [-0.15, -0.1) is 0 Å². The zero-order chi connectivity index (χ0) is 23.0. The van der Waals surface area contributed by atoms with Crippen molar-refractivity contribution < 1.29 is 0 Å². The van der Waals surface area contributed by atoms with Crippen LogP contribution in [0.15, 0.2) is 72.8 Å². The molecule has 4 aromatic rings. The first-order valence-corrected chi connectivity index (χ1v) is 11.4. The van der Waals surface area contributed by atoms with Gasteiger partial charge in [0.05, 0.1) is 0 Å². The van der Waals surface area contributed by atoms with Crippen LogP contribution in [0.1, 0.15) is 36.5 Å². The van der Waals surface area contributed by atoms with E-state index in [9.17, 15) is 0 Å². The lowest BCUT2D eigenvalue weighted by Crippen LogP contribution is -2.07. The van der Waals surface area contributed by atoms with E-state index < -0.39 is 0 Å². The van der Waals surface area contributed by atoms with Crippen LogP contribution in [0.3, 0.4) is 0 Å². The van der Waals surface area contributed by atoms with Crippen LogP contribution in [-0.2, 0) is 6.42 Å². The smallest absolute Gasteiger partial charge is 0.233 e. The molecule has 3 N–H and O–H groups in total. The fourth-order valence-corrected chi connectivity index (χ4v) is 3.51. The zero-order valence-corrected chi connectivity index (χ0v) is 19.4. The Morgan fingerprint density at radius 1 is 0.606 bits per heavy atom. The fourth-order valence-electron chi connectivity index (χ4n) is 3.51. The summed E-state index contributed by atoms with van der Waals surface area (Å²) in [6, 6.07) is 24.6. The minimum absolute atomic E-state index is 0.466. The Labute approximate surface area is 195 Å². The van der Waals surface area contributed by atoms with E-state index in [4.69, 9.17) is 0 Å². The summed E-state index contributed by atoms with van der Waals surface area (Å²) in [5.74, 6) is 1.40. The zero-order valence-electron chi connectivity index (χ0n) is 19.4. The molecular formula is C27H30N6. The molecule has 0 saturated carbocycles. The van der Waals surface area contributed by atoms with E-state index in [1.54, 1.807) is 0 Å². The second-order valence-corrected chi connectivity index (χ2v) is 8.22. The van der Waals surface area contributed by atoms with Gasteiger partial charge in [0.2, 0.25) is 17.8 Å². The Balaban J connectivity index is 1.60. The topological polar surface area (TPSA) is 74.8 Å². The molecule has 0 amide bonds. The molecule has 6 heteroatoms. The number of nitrogens with one attached hydrogen (secondary N) is 3. The minimum atomic E-state index is 0.466. The van der Waals surface area contributed by atoms with E-state index >= 15 is 0 Å². The van der Waals surface area contributed by atoms with Gasteiger partial charge < -0.3 is 16.0 Å². The molecule has 0 spiro atoms. The predicted molar refractivity (Wildman–Crippen MR) is 137 cm³/mol. The standard InChI is InChI=1S/C27H30N6/c1-4-5-10-21-13-15-22(16-14-21)28-25-31-26(29-23-11-6-8-19(2)17-23)33-27(32-25)30-24-12-7-9-20(3)18-24/h6-9,11-18H,4-5,10H2,1-3H3,(H3,28,29,30,31,32,33). The normalized spacial score (nSPS) is 10.6. The third-order valence-electron chi connectivity index (χ3n) is 5.21. The van der Waals surface area contributed by atoms with Gasteiger partial charge in [0, 0.05) is 17.1 Å². The summed E-state index contributed by atoms with van der Waals surface area (Å²) in [5, 5.41) is 9.92. The first-order valence-electron chi connectivity index (χ1n) is 11.4. The largest absolute Gasteiger partial charge is 0.324 e. The molecule has 3 aromatic carbocycles. The number of hydrogen-bond donors (Lipinski definition) is 3. The number of anilines is 6. The van der Waals surface area contributed by atoms with Crippen molar-refractivity contribution >= 4 is 34.9 Å². The molecule has 1 heterocycles. The van der Waals surface area contributed by atoms with Crippen molar-refractivity contribution in [2.45, 2.75) is 40.0 Å². The van der Waals surface area contributed by atoms with Gasteiger partial charge in [0.15, 0.2) is 0 Å². The van der Waals surface area contributed by atoms with Crippen molar-refractivity contribution in [1.82, 2.24) is 15.0 Å². The number of benzene rings is 3. The van der Waals surface area contributed by atoms with Crippen molar-refractivity contribution in [3.63, 3.8) is 0 Å². The third-order valence-corrected chi connectivity index (χ3v) is 5.21. The molecule has 0 bridgehead atoms. The van der Waals surface area contributed by atoms with E-state index in [1.807, 2.05) is 24.3 Å². The van der Waals surface area contributed by atoms with E-state index in [0.717, 1.165) is 34.6 Å². The van der Waals surface area contributed by atoms with Crippen molar-refractivity contribution in [2.24, 2.45) is 0 Å². The molecule has 0 aliphatic heterocycles. The van der Waals surface area contributed by atoms with Gasteiger partial charge in [-0.25, -0.2) is 0 Å². The Hall–Kier alpha value is -3.93. The van der Waals surface area contributed by atoms with Crippen LogP contribution >= 0.6 is 0 Å². The van der Waals surface area contributed by atoms with Crippen LogP contribution < -0.4 is 16.0 Å². The fraction of sp³-hybridized carbons (Fsp3) is 0.222. The molecule has 33 heavy (non-hydrogen) atoms. The number of rotatable bonds is 9. The summed E-state index contributed by atoms with van der Waals surface area (Å²) in [5.41, 5.74) is 6.44. The Morgan fingerprint density at radius 3 is 1.55 bits per heavy atom. The van der Waals surface area contributed by atoms with Gasteiger partial charge in [-0.2, -0.15) is 15.0 Å². The first kappa shape index (κ1) is 22.3. The Morgan fingerprint density at radius 2 is 1.09 bits per heavy atom. The molecule has 4 rings (SSSR count). The van der Waals surface area contributed by atoms with Gasteiger partial charge >= 0.3 is 0 Å². The summed E-state index contributed by atoms with van der Waals surface area (Å²) in [4.78, 5) is 13.8. The summed E-state index contributed by atoms with van der Waals surface area (Å²) in [6.07, 6.45) is 3.48. The minimum Gasteiger partial charge on any atom is -0.324 e. The maximum absolute atomic E-state index is 4.60.